The van der Waals surface area contributed by atoms with Gasteiger partial charge in [0.15, 0.2) is 5.82 Å². The van der Waals surface area contributed by atoms with E-state index in [9.17, 15) is 9.18 Å². The predicted molar refractivity (Wildman–Crippen MR) is 109 cm³/mol. The average molecular weight is 377 g/mol. The van der Waals surface area contributed by atoms with Crippen LogP contribution >= 0.6 is 0 Å². The van der Waals surface area contributed by atoms with Crippen molar-refractivity contribution in [2.75, 3.05) is 11.1 Å². The molecule has 28 heavy (non-hydrogen) atoms. The smallest absolute Gasteiger partial charge is 0.231 e. The fourth-order valence-electron chi connectivity index (χ4n) is 3.44. The van der Waals surface area contributed by atoms with E-state index in [2.05, 4.69) is 16.9 Å². The average Bonchev–Trinajstić information content (AvgIpc) is 3.27. The number of amides is 1. The Morgan fingerprint density at radius 1 is 1.46 bits per heavy atom. The highest BCUT2D eigenvalue weighted by atomic mass is 19.1. The number of halogens is 1. The Morgan fingerprint density at radius 2 is 2.21 bits per heavy atom. The molecule has 2 atom stereocenters. The van der Waals surface area contributed by atoms with Gasteiger partial charge in [-0.05, 0) is 53.8 Å². The van der Waals surface area contributed by atoms with E-state index < -0.39 is 12.1 Å². The molecule has 1 aliphatic rings. The molecule has 0 unspecified atom stereocenters. The third kappa shape index (κ3) is 2.94. The summed E-state index contributed by atoms with van der Waals surface area (Å²) < 4.78 is 14.8. The number of rotatable bonds is 5. The summed E-state index contributed by atoms with van der Waals surface area (Å²) in [6.07, 6.45) is 5.71. The molecule has 0 radical (unpaired) electrons. The minimum absolute atomic E-state index is 0.275. The predicted octanol–water partition coefficient (Wildman–Crippen LogP) is 3.83. The third-order valence-corrected chi connectivity index (χ3v) is 5.04. The second kappa shape index (κ2) is 6.60. The Kier molecular flexibility index (Phi) is 4.22. The summed E-state index contributed by atoms with van der Waals surface area (Å²) in [6, 6.07) is 5.66. The number of imidazole rings is 1. The normalized spacial score (nSPS) is 18.1. The van der Waals surface area contributed by atoms with Crippen molar-refractivity contribution in [3.8, 4) is 11.1 Å². The van der Waals surface area contributed by atoms with Crippen molar-refractivity contribution in [1.29, 1.82) is 5.41 Å². The SMILES string of the molecule is C=Cc1cc(C)c(-c2ccc3nc(NC(=O)[C@@H]4C[C@@H]4F)cn3c2)c(C=N)c1N. The number of pyridine rings is 1. The Labute approximate surface area is 161 Å². The van der Waals surface area contributed by atoms with Crippen LogP contribution in [0.15, 0.2) is 37.2 Å². The number of carbonyl (C=O) groups excluding carboxylic acids is 1. The van der Waals surface area contributed by atoms with Crippen LogP contribution in [0, 0.1) is 18.3 Å². The zero-order chi connectivity index (χ0) is 20.0. The van der Waals surface area contributed by atoms with Crippen molar-refractivity contribution in [3.05, 3.63) is 53.9 Å². The third-order valence-electron chi connectivity index (χ3n) is 5.04. The molecule has 1 aliphatic carbocycles. The number of aromatic nitrogens is 2. The van der Waals surface area contributed by atoms with Crippen LogP contribution in [0.5, 0.6) is 0 Å². The number of benzene rings is 1. The topological polar surface area (TPSA) is 96.3 Å². The number of nitrogens with zero attached hydrogens (tertiary/aromatic N) is 2. The fourth-order valence-corrected chi connectivity index (χ4v) is 3.44. The minimum atomic E-state index is -1.05. The highest BCUT2D eigenvalue weighted by Gasteiger charge is 2.43. The van der Waals surface area contributed by atoms with Crippen molar-refractivity contribution in [2.24, 2.45) is 5.92 Å². The summed E-state index contributed by atoms with van der Waals surface area (Å²) in [6.45, 7) is 5.73. The van der Waals surface area contributed by atoms with Crippen LogP contribution in [0.1, 0.15) is 23.1 Å². The largest absolute Gasteiger partial charge is 0.398 e. The maximum Gasteiger partial charge on any atom is 0.231 e. The van der Waals surface area contributed by atoms with Gasteiger partial charge in [-0.3, -0.25) is 4.79 Å². The van der Waals surface area contributed by atoms with Gasteiger partial charge in [0, 0.05) is 23.7 Å². The molecule has 1 fully saturated rings. The lowest BCUT2D eigenvalue weighted by molar-refractivity contribution is -0.117. The summed E-state index contributed by atoms with van der Waals surface area (Å²) in [5, 5.41) is 10.5. The molecule has 2 heterocycles. The lowest BCUT2D eigenvalue weighted by Gasteiger charge is -2.15. The summed E-state index contributed by atoms with van der Waals surface area (Å²) in [4.78, 5) is 16.3. The van der Waals surface area contributed by atoms with E-state index in [0.717, 1.165) is 22.3 Å². The molecule has 0 bridgehead atoms. The van der Waals surface area contributed by atoms with Gasteiger partial charge in [0.2, 0.25) is 5.91 Å². The highest BCUT2D eigenvalue weighted by molar-refractivity contribution is 5.99. The first kappa shape index (κ1) is 17.9. The quantitative estimate of drug-likeness (QED) is 0.466. The molecule has 4 rings (SSSR count). The van der Waals surface area contributed by atoms with Gasteiger partial charge in [-0.15, -0.1) is 0 Å². The summed E-state index contributed by atoms with van der Waals surface area (Å²) in [5.74, 6) is -0.526. The second-order valence-electron chi connectivity index (χ2n) is 6.99. The van der Waals surface area contributed by atoms with E-state index in [-0.39, 0.29) is 12.3 Å². The van der Waals surface area contributed by atoms with E-state index in [1.54, 1.807) is 16.7 Å². The van der Waals surface area contributed by atoms with Crippen LogP contribution in [0.25, 0.3) is 22.9 Å². The summed E-state index contributed by atoms with van der Waals surface area (Å²) in [7, 11) is 0. The standard InChI is InChI=1S/C21H20FN5O/c1-3-12-6-11(2)19(15(8-23)20(12)24)13-4-5-18-25-17(10-27(18)9-13)26-21(28)14-7-16(14)22/h3-6,8-10,14,16,23H,1,7,24H2,2H3,(H,26,28)/t14-,16+/m1/s1. The molecule has 1 amide bonds. The van der Waals surface area contributed by atoms with Gasteiger partial charge in [-0.25, -0.2) is 9.37 Å². The first-order valence-corrected chi connectivity index (χ1v) is 8.93. The Hall–Kier alpha value is -3.48. The first-order valence-electron chi connectivity index (χ1n) is 8.93. The van der Waals surface area contributed by atoms with Crippen LogP contribution in [0.4, 0.5) is 15.9 Å². The molecular formula is C21H20FN5O. The summed E-state index contributed by atoms with van der Waals surface area (Å²) >= 11 is 0. The number of nitrogens with one attached hydrogen (secondary N) is 2. The number of nitrogens with two attached hydrogens (primary N) is 1. The molecule has 7 heteroatoms. The van der Waals surface area contributed by atoms with Crippen molar-refractivity contribution in [2.45, 2.75) is 19.5 Å². The first-order chi connectivity index (χ1) is 13.4. The monoisotopic (exact) mass is 377 g/mol. The van der Waals surface area contributed by atoms with E-state index in [0.29, 0.717) is 22.7 Å². The van der Waals surface area contributed by atoms with Crippen LogP contribution in [-0.2, 0) is 4.79 Å². The number of aryl methyl sites for hydroxylation is 1. The number of alkyl halides is 1. The maximum atomic E-state index is 13.0. The Balaban J connectivity index is 1.74. The molecule has 0 aliphatic heterocycles. The second-order valence-corrected chi connectivity index (χ2v) is 6.99. The number of hydrogen-bond acceptors (Lipinski definition) is 4. The van der Waals surface area contributed by atoms with Crippen LogP contribution in [0.3, 0.4) is 0 Å². The molecule has 2 aromatic heterocycles. The van der Waals surface area contributed by atoms with E-state index >= 15 is 0 Å². The molecule has 142 valence electrons. The van der Waals surface area contributed by atoms with Crippen molar-refractivity contribution < 1.29 is 9.18 Å². The van der Waals surface area contributed by atoms with Gasteiger partial charge >= 0.3 is 0 Å². The lowest BCUT2D eigenvalue weighted by Crippen LogP contribution is -2.15. The van der Waals surface area contributed by atoms with E-state index in [4.69, 9.17) is 11.1 Å². The van der Waals surface area contributed by atoms with Gasteiger partial charge in [0.05, 0.1) is 12.1 Å². The number of anilines is 2. The molecule has 6 nitrogen and oxygen atoms in total. The molecule has 0 saturated heterocycles. The van der Waals surface area contributed by atoms with Gasteiger partial charge in [0.25, 0.3) is 0 Å². The lowest BCUT2D eigenvalue weighted by atomic mass is 9.92. The van der Waals surface area contributed by atoms with E-state index in [1.165, 1.54) is 6.21 Å². The van der Waals surface area contributed by atoms with Crippen LogP contribution < -0.4 is 11.1 Å². The summed E-state index contributed by atoms with van der Waals surface area (Å²) in [5.41, 5.74) is 11.5. The number of hydrogen-bond donors (Lipinski definition) is 3. The molecule has 0 spiro atoms. The fraction of sp³-hybridized carbons (Fsp3) is 0.190. The van der Waals surface area contributed by atoms with Crippen molar-refractivity contribution in [1.82, 2.24) is 9.38 Å². The maximum absolute atomic E-state index is 13.0. The molecular weight excluding hydrogens is 357 g/mol. The number of nitrogen functional groups attached to an aromatic ring is 1. The molecule has 3 aromatic rings. The van der Waals surface area contributed by atoms with Crippen molar-refractivity contribution in [3.63, 3.8) is 0 Å². The molecule has 4 N–H and O–H groups in total. The van der Waals surface area contributed by atoms with Crippen LogP contribution in [-0.4, -0.2) is 27.7 Å². The number of carbonyl (C=O) groups is 1. The van der Waals surface area contributed by atoms with Gasteiger partial charge in [-0.1, -0.05) is 12.7 Å². The van der Waals surface area contributed by atoms with Gasteiger partial charge in [0.1, 0.15) is 11.8 Å². The number of fused-ring (bicyclic) bond motifs is 1. The zero-order valence-corrected chi connectivity index (χ0v) is 15.4. The molecule has 1 saturated carbocycles. The van der Waals surface area contributed by atoms with Gasteiger partial charge < -0.3 is 20.9 Å². The van der Waals surface area contributed by atoms with Crippen molar-refractivity contribution >= 4 is 35.4 Å². The Bertz CT molecular complexity index is 1130. The van der Waals surface area contributed by atoms with Gasteiger partial charge in [-0.2, -0.15) is 0 Å². The highest BCUT2D eigenvalue weighted by Crippen LogP contribution is 2.35. The zero-order valence-electron chi connectivity index (χ0n) is 15.4. The van der Waals surface area contributed by atoms with E-state index in [1.807, 2.05) is 31.3 Å². The molecule has 1 aromatic carbocycles. The van der Waals surface area contributed by atoms with Crippen LogP contribution in [0.2, 0.25) is 0 Å². The minimum Gasteiger partial charge on any atom is -0.398 e. The Morgan fingerprint density at radius 3 is 2.86 bits per heavy atom.